The fraction of sp³-hybridized carbons (Fsp3) is 0.778. The average molecular weight is 186 g/mol. The smallest absolute Gasteiger partial charge is 0.216 e. The zero-order valence-electron chi connectivity index (χ0n) is 8.76. The molecule has 0 spiro atoms. The quantitative estimate of drug-likeness (QED) is 0.398. The van der Waals surface area contributed by atoms with E-state index in [1.165, 1.54) is 6.92 Å². The summed E-state index contributed by atoms with van der Waals surface area (Å²) in [6.07, 6.45) is 0. The predicted octanol–water partition coefficient (Wildman–Crippen LogP) is 1.17. The fourth-order valence-corrected chi connectivity index (χ4v) is 0.526. The van der Waals surface area contributed by atoms with Crippen molar-refractivity contribution in [2.24, 2.45) is 11.1 Å². The number of oxime groups is 1. The van der Waals surface area contributed by atoms with Crippen LogP contribution in [0.2, 0.25) is 0 Å². The summed E-state index contributed by atoms with van der Waals surface area (Å²) in [5.41, 5.74) is 0.961. The molecular formula is C9H18N2O2. The molecule has 76 valence electrons. The summed E-state index contributed by atoms with van der Waals surface area (Å²) >= 11 is 0. The first kappa shape index (κ1) is 11.9. The molecule has 0 fully saturated rings. The van der Waals surface area contributed by atoms with Crippen molar-refractivity contribution in [2.45, 2.75) is 27.7 Å². The summed E-state index contributed by atoms with van der Waals surface area (Å²) in [5.74, 6) is 0.355. The van der Waals surface area contributed by atoms with Gasteiger partial charge in [-0.25, -0.2) is 0 Å². The zero-order chi connectivity index (χ0) is 10.3. The van der Waals surface area contributed by atoms with Crippen molar-refractivity contribution in [2.75, 3.05) is 13.2 Å². The van der Waals surface area contributed by atoms with Crippen LogP contribution in [-0.4, -0.2) is 24.8 Å². The van der Waals surface area contributed by atoms with E-state index in [0.717, 1.165) is 5.71 Å². The van der Waals surface area contributed by atoms with Crippen molar-refractivity contribution < 1.29 is 9.63 Å². The van der Waals surface area contributed by atoms with E-state index in [-0.39, 0.29) is 5.91 Å². The number of nitrogens with one attached hydrogen (secondary N) is 1. The summed E-state index contributed by atoms with van der Waals surface area (Å²) in [6.45, 7) is 8.42. The highest BCUT2D eigenvalue weighted by Gasteiger charge is 1.97. The molecule has 0 bridgehead atoms. The molecule has 0 aromatic heterocycles. The van der Waals surface area contributed by atoms with Gasteiger partial charge in [0, 0.05) is 6.92 Å². The maximum absolute atomic E-state index is 10.4. The number of nitrogens with zero attached hydrogens (tertiary/aromatic N) is 1. The molecule has 1 N–H and O–H groups in total. The van der Waals surface area contributed by atoms with E-state index in [2.05, 4.69) is 24.3 Å². The van der Waals surface area contributed by atoms with Gasteiger partial charge in [-0.15, -0.1) is 0 Å². The number of hydrogen-bond donors (Lipinski definition) is 1. The minimum Gasteiger partial charge on any atom is -0.394 e. The Morgan fingerprint density at radius 2 is 2.08 bits per heavy atom. The fourth-order valence-electron chi connectivity index (χ4n) is 0.526. The Hall–Kier alpha value is -1.06. The molecule has 0 aromatic rings. The van der Waals surface area contributed by atoms with E-state index in [1.54, 1.807) is 0 Å². The van der Waals surface area contributed by atoms with Gasteiger partial charge in [0.1, 0.15) is 6.61 Å². The van der Waals surface area contributed by atoms with Crippen molar-refractivity contribution in [3.05, 3.63) is 0 Å². The predicted molar refractivity (Wildman–Crippen MR) is 52.6 cm³/mol. The van der Waals surface area contributed by atoms with Crippen LogP contribution in [0.3, 0.4) is 0 Å². The third-order valence-corrected chi connectivity index (χ3v) is 1.61. The monoisotopic (exact) mass is 186 g/mol. The lowest BCUT2D eigenvalue weighted by atomic mass is 10.1. The number of rotatable bonds is 5. The molecule has 13 heavy (non-hydrogen) atoms. The number of carbonyl (C=O) groups excluding carboxylic acids is 1. The Morgan fingerprint density at radius 1 is 1.46 bits per heavy atom. The summed E-state index contributed by atoms with van der Waals surface area (Å²) in [5, 5.41) is 6.50. The van der Waals surface area contributed by atoms with Gasteiger partial charge in [-0.05, 0) is 12.8 Å². The van der Waals surface area contributed by atoms with E-state index in [0.29, 0.717) is 19.1 Å². The minimum atomic E-state index is -0.0480. The van der Waals surface area contributed by atoms with Crippen LogP contribution in [0.25, 0.3) is 0 Å². The second-order valence-electron chi connectivity index (χ2n) is 3.20. The van der Waals surface area contributed by atoms with E-state index in [9.17, 15) is 4.79 Å². The van der Waals surface area contributed by atoms with Gasteiger partial charge < -0.3 is 10.2 Å². The largest absolute Gasteiger partial charge is 0.394 e. The third-order valence-electron chi connectivity index (χ3n) is 1.61. The molecule has 0 saturated heterocycles. The standard InChI is InChI=1S/C9H18N2O2/c1-7(2)8(3)11-13-6-5-10-9(4)12/h7H,5-6H2,1-4H3,(H,10,12)/b11-8+. The van der Waals surface area contributed by atoms with E-state index in [4.69, 9.17) is 4.84 Å². The van der Waals surface area contributed by atoms with Crippen LogP contribution in [0.15, 0.2) is 5.16 Å². The SMILES string of the molecule is CC(=O)NCCO/N=C(\C)C(C)C. The highest BCUT2D eigenvalue weighted by molar-refractivity contribution is 5.83. The summed E-state index contributed by atoms with van der Waals surface area (Å²) < 4.78 is 0. The lowest BCUT2D eigenvalue weighted by Crippen LogP contribution is -2.23. The Morgan fingerprint density at radius 3 is 2.54 bits per heavy atom. The third kappa shape index (κ3) is 7.31. The molecule has 0 aliphatic rings. The molecule has 4 nitrogen and oxygen atoms in total. The highest BCUT2D eigenvalue weighted by Crippen LogP contribution is 1.95. The molecule has 0 saturated carbocycles. The van der Waals surface area contributed by atoms with Gasteiger partial charge in [0.25, 0.3) is 0 Å². The molecule has 0 aliphatic heterocycles. The van der Waals surface area contributed by atoms with Gasteiger partial charge in [-0.2, -0.15) is 0 Å². The van der Waals surface area contributed by atoms with E-state index in [1.807, 2.05) is 6.92 Å². The Balaban J connectivity index is 3.44. The molecule has 1 amide bonds. The Bertz CT molecular complexity index is 188. The average Bonchev–Trinajstić information content (AvgIpc) is 2.02. The number of carbonyl (C=O) groups is 1. The first-order valence-electron chi connectivity index (χ1n) is 4.45. The van der Waals surface area contributed by atoms with Crippen LogP contribution in [0.5, 0.6) is 0 Å². The topological polar surface area (TPSA) is 50.7 Å². The molecule has 0 rings (SSSR count). The summed E-state index contributed by atoms with van der Waals surface area (Å²) in [7, 11) is 0. The maximum atomic E-state index is 10.4. The molecule has 0 aliphatic carbocycles. The summed E-state index contributed by atoms with van der Waals surface area (Å²) in [4.78, 5) is 15.4. The molecule has 4 heteroatoms. The molecule has 0 atom stereocenters. The Kier molecular flexibility index (Phi) is 5.93. The summed E-state index contributed by atoms with van der Waals surface area (Å²) in [6, 6.07) is 0. The van der Waals surface area contributed by atoms with Crippen LogP contribution in [0.1, 0.15) is 27.7 Å². The van der Waals surface area contributed by atoms with Crippen LogP contribution in [-0.2, 0) is 9.63 Å². The van der Waals surface area contributed by atoms with Gasteiger partial charge in [-0.1, -0.05) is 19.0 Å². The number of hydrogen-bond acceptors (Lipinski definition) is 3. The lowest BCUT2D eigenvalue weighted by Gasteiger charge is -2.04. The second-order valence-corrected chi connectivity index (χ2v) is 3.20. The maximum Gasteiger partial charge on any atom is 0.216 e. The van der Waals surface area contributed by atoms with E-state index >= 15 is 0 Å². The van der Waals surface area contributed by atoms with Crippen LogP contribution in [0.4, 0.5) is 0 Å². The minimum absolute atomic E-state index is 0.0480. The van der Waals surface area contributed by atoms with Crippen LogP contribution < -0.4 is 5.32 Å². The first-order valence-corrected chi connectivity index (χ1v) is 4.45. The van der Waals surface area contributed by atoms with Crippen LogP contribution >= 0.6 is 0 Å². The van der Waals surface area contributed by atoms with Gasteiger partial charge in [-0.3, -0.25) is 4.79 Å². The van der Waals surface area contributed by atoms with Crippen molar-refractivity contribution in [3.63, 3.8) is 0 Å². The van der Waals surface area contributed by atoms with Gasteiger partial charge in [0.15, 0.2) is 0 Å². The van der Waals surface area contributed by atoms with Crippen molar-refractivity contribution in [1.29, 1.82) is 0 Å². The normalized spacial score (nSPS) is 11.6. The molecule has 0 aromatic carbocycles. The molecular weight excluding hydrogens is 168 g/mol. The van der Waals surface area contributed by atoms with Gasteiger partial charge in [0.2, 0.25) is 5.91 Å². The highest BCUT2D eigenvalue weighted by atomic mass is 16.6. The molecule has 0 unspecified atom stereocenters. The lowest BCUT2D eigenvalue weighted by molar-refractivity contribution is -0.119. The van der Waals surface area contributed by atoms with E-state index < -0.39 is 0 Å². The van der Waals surface area contributed by atoms with Crippen molar-refractivity contribution >= 4 is 11.6 Å². The number of amides is 1. The van der Waals surface area contributed by atoms with Gasteiger partial charge in [0.05, 0.1) is 12.3 Å². The molecule has 0 heterocycles. The van der Waals surface area contributed by atoms with Crippen molar-refractivity contribution in [1.82, 2.24) is 5.32 Å². The second kappa shape index (κ2) is 6.46. The van der Waals surface area contributed by atoms with Crippen molar-refractivity contribution in [3.8, 4) is 0 Å². The molecule has 0 radical (unpaired) electrons. The zero-order valence-corrected chi connectivity index (χ0v) is 8.76. The Labute approximate surface area is 79.3 Å². The first-order chi connectivity index (χ1) is 6.04. The van der Waals surface area contributed by atoms with Crippen LogP contribution in [0, 0.1) is 5.92 Å². The van der Waals surface area contributed by atoms with Gasteiger partial charge >= 0.3 is 0 Å².